The van der Waals surface area contributed by atoms with E-state index in [1.807, 2.05) is 6.07 Å². The van der Waals surface area contributed by atoms with Crippen LogP contribution in [0.3, 0.4) is 0 Å². The summed E-state index contributed by atoms with van der Waals surface area (Å²) >= 11 is 2.11. The minimum Gasteiger partial charge on any atom is -0.506 e. The molecule has 6 heteroatoms. The molecule has 0 aliphatic carbocycles. The smallest absolute Gasteiger partial charge is 0.139 e. The molecule has 16 heavy (non-hydrogen) atoms. The van der Waals surface area contributed by atoms with Crippen molar-refractivity contribution in [2.75, 3.05) is 18.9 Å². The molecule has 0 saturated carbocycles. The zero-order chi connectivity index (χ0) is 11.7. The Labute approximate surface area is 106 Å². The van der Waals surface area contributed by atoms with Crippen LogP contribution in [0.5, 0.6) is 5.75 Å². The maximum Gasteiger partial charge on any atom is 0.139 e. The predicted octanol–water partition coefficient (Wildman–Crippen LogP) is 0.955. The van der Waals surface area contributed by atoms with Crippen molar-refractivity contribution in [3.8, 4) is 5.75 Å². The molecule has 1 aromatic heterocycles. The zero-order valence-electron chi connectivity index (χ0n) is 8.35. The molecule has 86 valence electrons. The summed E-state index contributed by atoms with van der Waals surface area (Å²) in [5.74, 6) is 0.0585. The Bertz CT molecular complexity index is 524. The molecule has 2 rings (SSSR count). The van der Waals surface area contributed by atoms with Gasteiger partial charge in [-0.3, -0.25) is 0 Å². The van der Waals surface area contributed by atoms with Crippen molar-refractivity contribution in [3.63, 3.8) is 0 Å². The van der Waals surface area contributed by atoms with Gasteiger partial charge in [-0.25, -0.2) is 0 Å². The van der Waals surface area contributed by atoms with E-state index in [-0.39, 0.29) is 19.0 Å². The Hall–Kier alpha value is -1.15. The van der Waals surface area contributed by atoms with Crippen molar-refractivity contribution in [1.29, 1.82) is 0 Å². The molecule has 1 aromatic carbocycles. The molecule has 0 radical (unpaired) electrons. The molecule has 0 bridgehead atoms. The number of aliphatic hydroxyl groups excluding tert-OH is 1. The molecule has 0 aliphatic heterocycles. The van der Waals surface area contributed by atoms with Crippen LogP contribution in [-0.4, -0.2) is 28.2 Å². The third kappa shape index (κ3) is 1.90. The van der Waals surface area contributed by atoms with Crippen LogP contribution in [-0.2, 0) is 0 Å². The Morgan fingerprint density at radius 3 is 2.81 bits per heavy atom. The molecule has 2 aromatic rings. The summed E-state index contributed by atoms with van der Waals surface area (Å²) in [6.45, 7) is 0.157. The largest absolute Gasteiger partial charge is 0.506 e. The Morgan fingerprint density at radius 2 is 2.12 bits per heavy atom. The van der Waals surface area contributed by atoms with E-state index in [1.54, 1.807) is 16.9 Å². The number of rotatable bonds is 3. The second-order valence-corrected chi connectivity index (χ2v) is 4.39. The third-order valence-electron chi connectivity index (χ3n) is 2.18. The summed E-state index contributed by atoms with van der Waals surface area (Å²) in [6.07, 6.45) is 0. The number of nitrogens with two attached hydrogens (primary N) is 1. The van der Waals surface area contributed by atoms with Crippen molar-refractivity contribution in [2.45, 2.75) is 0 Å². The summed E-state index contributed by atoms with van der Waals surface area (Å²) in [7, 11) is 0. The highest BCUT2D eigenvalue weighted by Crippen LogP contribution is 2.29. The molecule has 0 saturated heterocycles. The zero-order valence-corrected chi connectivity index (χ0v) is 10.5. The van der Waals surface area contributed by atoms with Crippen molar-refractivity contribution in [1.82, 2.24) is 4.73 Å². The van der Waals surface area contributed by atoms with Crippen LogP contribution in [0.15, 0.2) is 18.2 Å². The van der Waals surface area contributed by atoms with Gasteiger partial charge in [0.05, 0.1) is 17.8 Å². The van der Waals surface area contributed by atoms with Gasteiger partial charge in [-0.2, -0.15) is 4.73 Å². The standard InChI is InChI=1S/C10H11IN2O3/c11-10-4-6-3-9(15)7(12)5-8(6)13(10)16-2-1-14/h3-5,14-15H,1-2,12H2. The molecule has 0 amide bonds. The molecule has 5 nitrogen and oxygen atoms in total. The van der Waals surface area contributed by atoms with Gasteiger partial charge in [-0.1, -0.05) is 0 Å². The lowest BCUT2D eigenvalue weighted by Gasteiger charge is -2.08. The average molecular weight is 334 g/mol. The van der Waals surface area contributed by atoms with Gasteiger partial charge in [0.1, 0.15) is 16.1 Å². The molecular formula is C10H11IN2O3. The number of halogens is 1. The Balaban J connectivity index is 2.55. The summed E-state index contributed by atoms with van der Waals surface area (Å²) in [5.41, 5.74) is 6.70. The average Bonchev–Trinajstić information content (AvgIpc) is 2.52. The Morgan fingerprint density at radius 1 is 1.38 bits per heavy atom. The lowest BCUT2D eigenvalue weighted by atomic mass is 10.2. The number of aromatic hydroxyl groups is 1. The number of nitrogens with zero attached hydrogens (tertiary/aromatic N) is 1. The van der Waals surface area contributed by atoms with E-state index in [1.165, 1.54) is 0 Å². The van der Waals surface area contributed by atoms with Crippen LogP contribution in [0.1, 0.15) is 0 Å². The number of benzene rings is 1. The van der Waals surface area contributed by atoms with Gasteiger partial charge in [0.15, 0.2) is 0 Å². The van der Waals surface area contributed by atoms with Gasteiger partial charge in [-0.05, 0) is 40.8 Å². The Kier molecular flexibility index (Phi) is 3.10. The van der Waals surface area contributed by atoms with E-state index in [0.717, 1.165) is 14.6 Å². The van der Waals surface area contributed by atoms with Gasteiger partial charge in [0.2, 0.25) is 0 Å². The van der Waals surface area contributed by atoms with Crippen LogP contribution in [0.25, 0.3) is 10.9 Å². The monoisotopic (exact) mass is 334 g/mol. The van der Waals surface area contributed by atoms with Gasteiger partial charge in [-0.15, -0.1) is 0 Å². The number of aliphatic hydroxyl groups is 1. The van der Waals surface area contributed by atoms with Gasteiger partial charge in [0, 0.05) is 5.39 Å². The molecule has 0 atom stereocenters. The minimum absolute atomic E-state index is 0.0523. The number of aromatic nitrogens is 1. The second-order valence-electron chi connectivity index (χ2n) is 3.29. The molecule has 0 spiro atoms. The van der Waals surface area contributed by atoms with Crippen LogP contribution in [0.4, 0.5) is 5.69 Å². The quantitative estimate of drug-likeness (QED) is 0.444. The number of hydrogen-bond acceptors (Lipinski definition) is 4. The highest BCUT2D eigenvalue weighted by molar-refractivity contribution is 14.1. The summed E-state index contributed by atoms with van der Waals surface area (Å²) in [6, 6.07) is 5.10. The lowest BCUT2D eigenvalue weighted by Crippen LogP contribution is -2.16. The van der Waals surface area contributed by atoms with E-state index >= 15 is 0 Å². The third-order valence-corrected chi connectivity index (χ3v) is 2.92. The fraction of sp³-hybridized carbons (Fsp3) is 0.200. The van der Waals surface area contributed by atoms with Crippen LogP contribution >= 0.6 is 22.6 Å². The predicted molar refractivity (Wildman–Crippen MR) is 69.3 cm³/mol. The molecule has 0 aliphatic rings. The molecule has 0 unspecified atom stereocenters. The first-order chi connectivity index (χ1) is 7.63. The first-order valence-electron chi connectivity index (χ1n) is 4.67. The molecular weight excluding hydrogens is 323 g/mol. The van der Waals surface area contributed by atoms with Crippen LogP contribution in [0.2, 0.25) is 0 Å². The van der Waals surface area contributed by atoms with Crippen LogP contribution < -0.4 is 10.6 Å². The number of phenols is 1. The first-order valence-corrected chi connectivity index (χ1v) is 5.75. The highest BCUT2D eigenvalue weighted by Gasteiger charge is 2.10. The maximum absolute atomic E-state index is 9.48. The summed E-state index contributed by atoms with van der Waals surface area (Å²) < 4.78 is 2.44. The number of phenolic OH excluding ortho intramolecular Hbond substituents is 1. The van der Waals surface area contributed by atoms with Gasteiger partial charge >= 0.3 is 0 Å². The fourth-order valence-electron chi connectivity index (χ4n) is 1.47. The van der Waals surface area contributed by atoms with E-state index in [9.17, 15) is 5.11 Å². The fourth-order valence-corrected chi connectivity index (χ4v) is 2.20. The topological polar surface area (TPSA) is 80.6 Å². The SMILES string of the molecule is Nc1cc2c(cc1O)cc(I)n2OCCO. The molecule has 0 fully saturated rings. The minimum atomic E-state index is -0.0523. The summed E-state index contributed by atoms with van der Waals surface area (Å²) in [4.78, 5) is 5.36. The maximum atomic E-state index is 9.48. The van der Waals surface area contributed by atoms with E-state index in [2.05, 4.69) is 22.6 Å². The number of anilines is 1. The van der Waals surface area contributed by atoms with Crippen molar-refractivity contribution in [2.24, 2.45) is 0 Å². The number of fused-ring (bicyclic) bond motifs is 1. The van der Waals surface area contributed by atoms with Gasteiger partial charge < -0.3 is 20.8 Å². The van der Waals surface area contributed by atoms with Crippen molar-refractivity contribution in [3.05, 3.63) is 21.9 Å². The highest BCUT2D eigenvalue weighted by atomic mass is 127. The van der Waals surface area contributed by atoms with E-state index < -0.39 is 0 Å². The number of nitrogen functional groups attached to an aromatic ring is 1. The van der Waals surface area contributed by atoms with E-state index in [0.29, 0.717) is 5.69 Å². The van der Waals surface area contributed by atoms with Crippen LogP contribution in [0, 0.1) is 3.70 Å². The van der Waals surface area contributed by atoms with Gasteiger partial charge in [0.25, 0.3) is 0 Å². The number of hydrogen-bond donors (Lipinski definition) is 3. The first kappa shape index (κ1) is 11.3. The lowest BCUT2D eigenvalue weighted by molar-refractivity contribution is 0.0792. The molecule has 1 heterocycles. The molecule has 4 N–H and O–H groups in total. The van der Waals surface area contributed by atoms with Crippen molar-refractivity contribution < 1.29 is 15.1 Å². The summed E-state index contributed by atoms with van der Waals surface area (Å²) in [5, 5.41) is 19.0. The normalized spacial score (nSPS) is 10.9. The second kappa shape index (κ2) is 4.38. The van der Waals surface area contributed by atoms with Crippen molar-refractivity contribution >= 4 is 39.2 Å². The van der Waals surface area contributed by atoms with E-state index in [4.69, 9.17) is 15.7 Å².